The average Bonchev–Trinajstić information content (AvgIpc) is 3.15. The molecule has 26 heavy (non-hydrogen) atoms. The predicted molar refractivity (Wildman–Crippen MR) is 91.3 cm³/mol. The molecular weight excluding hydrogens is 363 g/mol. The molecule has 1 aromatic rings. The van der Waals surface area contributed by atoms with Crippen molar-refractivity contribution in [2.24, 2.45) is 23.5 Å². The van der Waals surface area contributed by atoms with Crippen LogP contribution in [-0.2, 0) is 14.8 Å². The minimum atomic E-state index is -3.66. The molecule has 142 valence electrons. The van der Waals surface area contributed by atoms with Gasteiger partial charge in [0.05, 0.1) is 12.5 Å². The van der Waals surface area contributed by atoms with Crippen LogP contribution in [0.3, 0.4) is 0 Å². The number of fused-ring (bicyclic) bond motifs is 1. The first-order chi connectivity index (χ1) is 12.4. The lowest BCUT2D eigenvalue weighted by Gasteiger charge is -2.19. The van der Waals surface area contributed by atoms with Gasteiger partial charge in [0.15, 0.2) is 0 Å². The molecule has 0 aromatic carbocycles. The van der Waals surface area contributed by atoms with E-state index in [-0.39, 0.29) is 53.2 Å². The van der Waals surface area contributed by atoms with Crippen molar-refractivity contribution in [3.05, 3.63) is 30.2 Å². The number of carbonyl (C=O) groups excluding carboxylic acids is 1. The van der Waals surface area contributed by atoms with Crippen LogP contribution >= 0.6 is 0 Å². The Morgan fingerprint density at radius 1 is 1.46 bits per heavy atom. The van der Waals surface area contributed by atoms with Crippen LogP contribution in [0, 0.1) is 17.8 Å². The fraction of sp³-hybridized carbons (Fsp3) is 0.500. The lowest BCUT2D eigenvalue weighted by Crippen LogP contribution is -2.34. The molecule has 0 unspecified atom stereocenters. The van der Waals surface area contributed by atoms with Crippen LogP contribution in [0.15, 0.2) is 35.1 Å². The molecule has 8 nitrogen and oxygen atoms in total. The standard InChI is InChI=1S/C16H21FN4O4S/c1-19-16(22)15-12-7-21(8-13(12)15)26(23,24)11-2-3-14(20-6-11)25-9-10(4-17)5-18/h2-4,6,12-13,15H,5,7-9,18H2,1H3,(H,19,22)/b10-4-/t12-,13+,15-. The lowest BCUT2D eigenvalue weighted by atomic mass is 10.2. The fourth-order valence-electron chi connectivity index (χ4n) is 3.29. The zero-order valence-corrected chi connectivity index (χ0v) is 15.1. The number of aromatic nitrogens is 1. The van der Waals surface area contributed by atoms with Gasteiger partial charge in [-0.3, -0.25) is 4.79 Å². The van der Waals surface area contributed by atoms with E-state index < -0.39 is 10.0 Å². The fourth-order valence-corrected chi connectivity index (χ4v) is 4.76. The number of carbonyl (C=O) groups is 1. The van der Waals surface area contributed by atoms with Crippen molar-refractivity contribution in [3.63, 3.8) is 0 Å². The summed E-state index contributed by atoms with van der Waals surface area (Å²) in [4.78, 5) is 15.7. The molecule has 3 N–H and O–H groups in total. The number of nitrogens with two attached hydrogens (primary N) is 1. The van der Waals surface area contributed by atoms with Gasteiger partial charge in [0, 0.05) is 44.2 Å². The monoisotopic (exact) mass is 384 g/mol. The summed E-state index contributed by atoms with van der Waals surface area (Å²) in [5.41, 5.74) is 5.60. The van der Waals surface area contributed by atoms with E-state index in [1.54, 1.807) is 7.05 Å². The van der Waals surface area contributed by atoms with E-state index in [2.05, 4.69) is 10.3 Å². The molecule has 0 spiro atoms. The van der Waals surface area contributed by atoms with Crippen LogP contribution in [0.2, 0.25) is 0 Å². The van der Waals surface area contributed by atoms with E-state index in [0.717, 1.165) is 0 Å². The largest absolute Gasteiger partial charge is 0.473 e. The summed E-state index contributed by atoms with van der Waals surface area (Å²) in [5.74, 6) is 0.241. The number of piperidine rings is 1. The molecule has 0 bridgehead atoms. The Hall–Kier alpha value is -2.04. The van der Waals surface area contributed by atoms with E-state index in [1.165, 1.54) is 22.6 Å². The number of nitrogens with one attached hydrogen (secondary N) is 1. The SMILES string of the molecule is CNC(=O)[C@@H]1[C@@H]2CN(S(=O)(=O)c3ccc(OC/C(=C\F)CN)nc3)C[C@@H]21. The lowest BCUT2D eigenvalue weighted by molar-refractivity contribution is -0.122. The summed E-state index contributed by atoms with van der Waals surface area (Å²) in [6.07, 6.45) is 1.59. The van der Waals surface area contributed by atoms with E-state index in [4.69, 9.17) is 10.5 Å². The summed E-state index contributed by atoms with van der Waals surface area (Å²) < 4.78 is 44.5. The Kier molecular flexibility index (Phi) is 5.26. The molecule has 1 amide bonds. The van der Waals surface area contributed by atoms with Crippen molar-refractivity contribution in [2.45, 2.75) is 4.90 Å². The average molecular weight is 384 g/mol. The Labute approximate surface area is 151 Å². The number of ether oxygens (including phenoxy) is 1. The summed E-state index contributed by atoms with van der Waals surface area (Å²) >= 11 is 0. The normalized spacial score (nSPS) is 25.7. The maximum Gasteiger partial charge on any atom is 0.244 e. The number of nitrogens with zero attached hydrogens (tertiary/aromatic N) is 2. The van der Waals surface area contributed by atoms with Crippen molar-refractivity contribution in [1.29, 1.82) is 0 Å². The highest BCUT2D eigenvalue weighted by Gasteiger charge is 2.61. The van der Waals surface area contributed by atoms with Crippen molar-refractivity contribution in [2.75, 3.05) is 33.3 Å². The molecule has 1 aromatic heterocycles. The minimum Gasteiger partial charge on any atom is -0.473 e. The van der Waals surface area contributed by atoms with Gasteiger partial charge in [0.1, 0.15) is 11.5 Å². The second-order valence-corrected chi connectivity index (χ2v) is 8.32. The first-order valence-electron chi connectivity index (χ1n) is 8.21. The molecule has 1 aliphatic carbocycles. The molecule has 1 saturated carbocycles. The molecule has 0 radical (unpaired) electrons. The van der Waals surface area contributed by atoms with E-state index in [9.17, 15) is 17.6 Å². The van der Waals surface area contributed by atoms with Crippen LogP contribution in [0.1, 0.15) is 0 Å². The second kappa shape index (κ2) is 7.29. The Balaban J connectivity index is 1.62. The minimum absolute atomic E-state index is 0.0251. The molecule has 2 heterocycles. The van der Waals surface area contributed by atoms with Gasteiger partial charge in [0.2, 0.25) is 21.8 Å². The van der Waals surface area contributed by atoms with Crippen LogP contribution in [0.25, 0.3) is 0 Å². The highest BCUT2D eigenvalue weighted by atomic mass is 32.2. The van der Waals surface area contributed by atoms with E-state index in [0.29, 0.717) is 19.4 Å². The molecular formula is C16H21FN4O4S. The zero-order chi connectivity index (χ0) is 18.9. The highest BCUT2D eigenvalue weighted by Crippen LogP contribution is 2.52. The Morgan fingerprint density at radius 3 is 2.65 bits per heavy atom. The first-order valence-corrected chi connectivity index (χ1v) is 9.65. The number of halogens is 1. The Morgan fingerprint density at radius 2 is 2.15 bits per heavy atom. The number of amides is 1. The second-order valence-electron chi connectivity index (χ2n) is 6.38. The van der Waals surface area contributed by atoms with Gasteiger partial charge in [-0.25, -0.2) is 17.8 Å². The van der Waals surface area contributed by atoms with Crippen molar-refractivity contribution < 1.29 is 22.3 Å². The van der Waals surface area contributed by atoms with Crippen molar-refractivity contribution >= 4 is 15.9 Å². The van der Waals surface area contributed by atoms with Crippen LogP contribution < -0.4 is 15.8 Å². The molecule has 2 aliphatic rings. The summed E-state index contributed by atoms with van der Waals surface area (Å²) in [7, 11) is -2.08. The number of hydrogen-bond acceptors (Lipinski definition) is 6. The number of hydrogen-bond donors (Lipinski definition) is 2. The van der Waals surface area contributed by atoms with Gasteiger partial charge in [-0.2, -0.15) is 4.31 Å². The molecule has 3 atom stereocenters. The third-order valence-corrected chi connectivity index (χ3v) is 6.69. The zero-order valence-electron chi connectivity index (χ0n) is 14.3. The summed E-state index contributed by atoms with van der Waals surface area (Å²) in [5, 5.41) is 2.61. The molecule has 1 aliphatic heterocycles. The van der Waals surface area contributed by atoms with Crippen LogP contribution in [0.5, 0.6) is 5.88 Å². The van der Waals surface area contributed by atoms with E-state index in [1.807, 2.05) is 0 Å². The number of rotatable bonds is 7. The third kappa shape index (κ3) is 3.44. The molecule has 2 fully saturated rings. The summed E-state index contributed by atoms with van der Waals surface area (Å²) in [6, 6.07) is 2.82. The van der Waals surface area contributed by atoms with Gasteiger partial charge in [-0.05, 0) is 17.9 Å². The Bertz CT molecular complexity index is 800. The van der Waals surface area contributed by atoms with Gasteiger partial charge >= 0.3 is 0 Å². The maximum atomic E-state index is 12.7. The number of sulfonamides is 1. The molecule has 1 saturated heterocycles. The molecule has 3 rings (SSSR count). The molecule has 10 heteroatoms. The van der Waals surface area contributed by atoms with Gasteiger partial charge < -0.3 is 15.8 Å². The van der Waals surface area contributed by atoms with Crippen molar-refractivity contribution in [1.82, 2.24) is 14.6 Å². The number of pyridine rings is 1. The van der Waals surface area contributed by atoms with Crippen LogP contribution in [-0.4, -0.2) is 56.9 Å². The first kappa shape index (κ1) is 18.7. The smallest absolute Gasteiger partial charge is 0.244 e. The predicted octanol–water partition coefficient (Wildman–Crippen LogP) is -0.115. The van der Waals surface area contributed by atoms with Gasteiger partial charge in [-0.15, -0.1) is 0 Å². The van der Waals surface area contributed by atoms with Gasteiger partial charge in [-0.1, -0.05) is 0 Å². The van der Waals surface area contributed by atoms with Gasteiger partial charge in [0.25, 0.3) is 0 Å². The maximum absolute atomic E-state index is 12.7. The van der Waals surface area contributed by atoms with Crippen molar-refractivity contribution in [3.8, 4) is 5.88 Å². The third-order valence-electron chi connectivity index (χ3n) is 4.88. The topological polar surface area (TPSA) is 115 Å². The van der Waals surface area contributed by atoms with Crippen LogP contribution in [0.4, 0.5) is 4.39 Å². The quantitative estimate of drug-likeness (QED) is 0.678. The summed E-state index contributed by atoms with van der Waals surface area (Å²) in [6.45, 7) is 0.648. The highest BCUT2D eigenvalue weighted by molar-refractivity contribution is 7.89. The van der Waals surface area contributed by atoms with E-state index >= 15 is 0 Å².